The van der Waals surface area contributed by atoms with Crippen LogP contribution in [0.25, 0.3) is 11.2 Å². The van der Waals surface area contributed by atoms with Crippen LogP contribution in [-0.2, 0) is 36.3 Å². The minimum Gasteiger partial charge on any atom is -0.444 e. The molecule has 7 N–H and O–H groups in total. The first-order chi connectivity index (χ1) is 18.5. The van der Waals surface area contributed by atoms with Crippen LogP contribution in [0, 0.1) is 12.3 Å². The average Bonchev–Trinajstić information content (AvgIpc) is 3.29. The monoisotopic (exact) mass is 649 g/mol. The molecule has 1 aliphatic heterocycles. The number of carbonyl (C=O) groups excluding carboxylic acids is 1. The van der Waals surface area contributed by atoms with Crippen LogP contribution in [0.2, 0.25) is 0 Å². The average molecular weight is 649 g/mol. The van der Waals surface area contributed by atoms with Crippen LogP contribution < -0.4 is 5.32 Å². The van der Waals surface area contributed by atoms with Crippen molar-refractivity contribution in [3.63, 3.8) is 0 Å². The molecular weight excluding hydrogens is 626 g/mol. The second kappa shape index (κ2) is 11.0. The predicted octanol–water partition coefficient (Wildman–Crippen LogP) is 0.436. The first-order valence-corrected chi connectivity index (χ1v) is 15.2. The number of phosphoric ester groups is 1. The molecule has 1 fully saturated rings. The van der Waals surface area contributed by atoms with Gasteiger partial charge in [0.2, 0.25) is 5.60 Å². The molecule has 3 heterocycles. The number of rotatable bonds is 9. The van der Waals surface area contributed by atoms with Crippen molar-refractivity contribution >= 4 is 46.5 Å². The number of imidazole rings is 1. The van der Waals surface area contributed by atoms with Gasteiger partial charge in [0.15, 0.2) is 29.3 Å². The Labute approximate surface area is 228 Å². The number of halogens is 1. The maximum Gasteiger partial charge on any atom is 0.490 e. The van der Waals surface area contributed by atoms with Crippen LogP contribution in [0.3, 0.4) is 0 Å². The molecule has 0 aliphatic carbocycles. The standard InChI is InChI=1S/C17H23FN5O15P3/c1-5-16(26)12(24)17(18,6-34-40(30,31)38-41(32,33)37-39(27,28)29)35-13(16)23-8-21-9-10(19-7-20-11(9)23)22-14(25)36-15(2,3)4/h1,7-8,12-13,24,26H,6H2,2-4H3,(H,30,31)(H,32,33)(H2,27,28,29)(H,19,20,22,25)/t12-,13+,16+,17+/m0/s1. The molecule has 1 saturated heterocycles. The number of hydrogen-bond acceptors (Lipinski definition) is 14. The second-order valence-electron chi connectivity index (χ2n) is 9.17. The van der Waals surface area contributed by atoms with E-state index in [9.17, 15) is 38.5 Å². The van der Waals surface area contributed by atoms with Gasteiger partial charge in [-0.3, -0.25) is 14.4 Å². The molecule has 2 aromatic rings. The summed E-state index contributed by atoms with van der Waals surface area (Å²) in [5.41, 5.74) is -4.19. The Kier molecular flexibility index (Phi) is 8.90. The van der Waals surface area contributed by atoms with Gasteiger partial charge in [-0.25, -0.2) is 37.8 Å². The third-order valence-electron chi connectivity index (χ3n) is 4.81. The highest BCUT2D eigenvalue weighted by molar-refractivity contribution is 7.66. The number of ether oxygens (including phenoxy) is 2. The minimum atomic E-state index is -5.95. The number of fused-ring (bicyclic) bond motifs is 1. The highest BCUT2D eigenvalue weighted by Gasteiger charge is 2.66. The molecule has 0 saturated carbocycles. The Morgan fingerprint density at radius 2 is 1.83 bits per heavy atom. The summed E-state index contributed by atoms with van der Waals surface area (Å²) in [6.07, 6.45) is 1.43. The van der Waals surface area contributed by atoms with Crippen molar-refractivity contribution in [3.05, 3.63) is 12.7 Å². The third-order valence-corrected chi connectivity index (χ3v) is 8.59. The fraction of sp³-hybridized carbons (Fsp3) is 0.529. The van der Waals surface area contributed by atoms with Gasteiger partial charge in [0.25, 0.3) is 5.85 Å². The predicted molar refractivity (Wildman–Crippen MR) is 129 cm³/mol. The molecule has 0 bridgehead atoms. The van der Waals surface area contributed by atoms with Crippen LogP contribution >= 0.6 is 23.5 Å². The molecule has 2 aromatic heterocycles. The Bertz CT molecular complexity index is 1520. The zero-order chi connectivity index (χ0) is 31.2. The smallest absolute Gasteiger partial charge is 0.444 e. The van der Waals surface area contributed by atoms with Gasteiger partial charge in [0.1, 0.15) is 18.5 Å². The lowest BCUT2D eigenvalue weighted by Gasteiger charge is -2.26. The maximum absolute atomic E-state index is 15.7. The number of carbonyl (C=O) groups is 1. The first kappa shape index (κ1) is 33.1. The molecule has 2 unspecified atom stereocenters. The highest BCUT2D eigenvalue weighted by Crippen LogP contribution is 2.66. The second-order valence-corrected chi connectivity index (χ2v) is 13.6. The van der Waals surface area contributed by atoms with Crippen LogP contribution in [0.4, 0.5) is 15.0 Å². The summed E-state index contributed by atoms with van der Waals surface area (Å²) in [7, 11) is -17.5. The largest absolute Gasteiger partial charge is 0.490 e. The fourth-order valence-corrected chi connectivity index (χ4v) is 6.36. The summed E-state index contributed by atoms with van der Waals surface area (Å²) in [6, 6.07) is 0. The summed E-state index contributed by atoms with van der Waals surface area (Å²) < 4.78 is 72.2. The lowest BCUT2D eigenvalue weighted by Crippen LogP contribution is -2.50. The summed E-state index contributed by atoms with van der Waals surface area (Å²) >= 11 is 0. The van der Waals surface area contributed by atoms with Gasteiger partial charge in [-0.15, -0.1) is 6.42 Å². The van der Waals surface area contributed by atoms with Crippen molar-refractivity contribution in [2.24, 2.45) is 0 Å². The van der Waals surface area contributed by atoms with Crippen molar-refractivity contribution in [2.75, 3.05) is 11.9 Å². The zero-order valence-corrected chi connectivity index (χ0v) is 23.6. The van der Waals surface area contributed by atoms with E-state index in [0.29, 0.717) is 0 Å². The van der Waals surface area contributed by atoms with Crippen molar-refractivity contribution in [2.45, 2.75) is 50.2 Å². The molecule has 41 heavy (non-hydrogen) atoms. The SMILES string of the molecule is C#C[C@]1(O)[C@H](n2cnc3c(NC(=O)OC(C)(C)C)ncnc32)O[C@](F)(COP(=O)(O)OP(=O)(O)OP(=O)(O)O)[C@H]1O. The molecule has 3 rings (SSSR count). The number of aromatic nitrogens is 4. The number of nitrogens with one attached hydrogen (secondary N) is 1. The van der Waals surface area contributed by atoms with Crippen molar-refractivity contribution < 1.29 is 75.3 Å². The summed E-state index contributed by atoms with van der Waals surface area (Å²) in [5.74, 6) is -2.10. The molecule has 228 valence electrons. The van der Waals surface area contributed by atoms with Gasteiger partial charge in [0, 0.05) is 0 Å². The number of alkyl halides is 1. The van der Waals surface area contributed by atoms with E-state index < -0.39 is 65.6 Å². The van der Waals surface area contributed by atoms with Crippen molar-refractivity contribution in [1.82, 2.24) is 19.5 Å². The molecule has 1 aliphatic rings. The first-order valence-electron chi connectivity index (χ1n) is 10.7. The molecule has 6 atom stereocenters. The Hall–Kier alpha value is -2.40. The number of amides is 1. The molecule has 1 amide bonds. The molecule has 0 radical (unpaired) electrons. The van der Waals surface area contributed by atoms with E-state index in [0.717, 1.165) is 17.2 Å². The van der Waals surface area contributed by atoms with E-state index in [-0.39, 0.29) is 17.0 Å². The number of anilines is 1. The van der Waals surface area contributed by atoms with Crippen molar-refractivity contribution in [1.29, 1.82) is 0 Å². The summed E-state index contributed by atoms with van der Waals surface area (Å²) in [6.45, 7) is 3.00. The van der Waals surface area contributed by atoms with Gasteiger partial charge in [-0.1, -0.05) is 5.92 Å². The quantitative estimate of drug-likeness (QED) is 0.143. The lowest BCUT2D eigenvalue weighted by molar-refractivity contribution is -0.203. The molecule has 0 aromatic carbocycles. The van der Waals surface area contributed by atoms with Gasteiger partial charge in [0.05, 0.1) is 6.33 Å². The van der Waals surface area contributed by atoms with E-state index >= 15 is 4.39 Å². The zero-order valence-electron chi connectivity index (χ0n) is 21.0. The highest BCUT2D eigenvalue weighted by atomic mass is 31.3. The number of nitrogens with zero attached hydrogens (tertiary/aromatic N) is 4. The Morgan fingerprint density at radius 3 is 2.39 bits per heavy atom. The number of aliphatic hydroxyl groups is 2. The van der Waals surface area contributed by atoms with E-state index in [4.69, 9.17) is 25.7 Å². The Balaban J connectivity index is 1.88. The fourth-order valence-electron chi connectivity index (χ4n) is 3.32. The van der Waals surface area contributed by atoms with E-state index in [2.05, 4.69) is 33.4 Å². The summed E-state index contributed by atoms with van der Waals surface area (Å²) in [5, 5.41) is 23.8. The molecule has 20 nitrogen and oxygen atoms in total. The van der Waals surface area contributed by atoms with Gasteiger partial charge < -0.3 is 39.3 Å². The van der Waals surface area contributed by atoms with Crippen LogP contribution in [0.15, 0.2) is 12.7 Å². The van der Waals surface area contributed by atoms with E-state index in [1.807, 2.05) is 0 Å². The minimum absolute atomic E-state index is 0.138. The lowest BCUT2D eigenvalue weighted by atomic mass is 9.94. The molecule has 24 heteroatoms. The van der Waals surface area contributed by atoms with Crippen LogP contribution in [-0.4, -0.2) is 85.2 Å². The third kappa shape index (κ3) is 7.71. The van der Waals surface area contributed by atoms with Gasteiger partial charge in [-0.2, -0.15) is 8.62 Å². The van der Waals surface area contributed by atoms with Crippen LogP contribution in [0.1, 0.15) is 27.0 Å². The normalized spacial score (nSPS) is 28.0. The van der Waals surface area contributed by atoms with Gasteiger partial charge in [-0.05, 0) is 20.8 Å². The number of phosphoric acid groups is 3. The number of terminal acetylenes is 1. The van der Waals surface area contributed by atoms with E-state index in [1.54, 1.807) is 26.7 Å². The summed E-state index contributed by atoms with van der Waals surface area (Å²) in [4.78, 5) is 59.9. The topological polar surface area (TPSA) is 291 Å². The number of hydrogen-bond donors (Lipinski definition) is 7. The Morgan fingerprint density at radius 1 is 1.20 bits per heavy atom. The maximum atomic E-state index is 15.7. The number of aliphatic hydroxyl groups excluding tert-OH is 1. The molecule has 0 spiro atoms. The van der Waals surface area contributed by atoms with Gasteiger partial charge >= 0.3 is 29.6 Å². The van der Waals surface area contributed by atoms with Crippen molar-refractivity contribution in [3.8, 4) is 12.3 Å². The molecular formula is C17H23FN5O15P3. The van der Waals surface area contributed by atoms with Crippen LogP contribution in [0.5, 0.6) is 0 Å². The van der Waals surface area contributed by atoms with E-state index in [1.165, 1.54) is 0 Å².